The maximum absolute atomic E-state index is 14.2. The number of hydrogen-bond donors (Lipinski definition) is 1. The van der Waals surface area contributed by atoms with Crippen LogP contribution in [0.15, 0.2) is 72.8 Å². The minimum absolute atomic E-state index is 0.00405. The lowest BCUT2D eigenvalue weighted by Crippen LogP contribution is -2.55. The molecule has 0 saturated heterocycles. The Hall–Kier alpha value is -3.07. The fraction of sp³-hybridized carbons (Fsp3) is 0.375. The van der Waals surface area contributed by atoms with E-state index in [1.165, 1.54) is 4.90 Å². The third-order valence-corrected chi connectivity index (χ3v) is 9.31. The second-order valence-corrected chi connectivity index (χ2v) is 13.7. The van der Waals surface area contributed by atoms with Gasteiger partial charge in [0.2, 0.25) is 21.8 Å². The highest BCUT2D eigenvalue weighted by atomic mass is 35.5. The van der Waals surface area contributed by atoms with Gasteiger partial charge < -0.3 is 10.2 Å². The summed E-state index contributed by atoms with van der Waals surface area (Å²) in [6, 6.07) is 20.5. The first-order chi connectivity index (χ1) is 20.0. The number of aryl methyl sites for hydroxylation is 1. The molecule has 0 unspecified atom stereocenters. The van der Waals surface area contributed by atoms with Crippen LogP contribution in [0.25, 0.3) is 0 Å². The molecular formula is C32H37Cl2N3O4S. The topological polar surface area (TPSA) is 86.8 Å². The smallest absolute Gasteiger partial charge is 0.244 e. The van der Waals surface area contributed by atoms with E-state index in [-0.39, 0.29) is 24.9 Å². The molecule has 0 heterocycles. The number of carbonyl (C=O) groups is 2. The molecule has 1 aliphatic carbocycles. The van der Waals surface area contributed by atoms with Crippen LogP contribution in [0.5, 0.6) is 0 Å². The van der Waals surface area contributed by atoms with Crippen LogP contribution in [-0.4, -0.2) is 50.0 Å². The van der Waals surface area contributed by atoms with Crippen molar-refractivity contribution in [2.24, 2.45) is 0 Å². The average Bonchev–Trinajstić information content (AvgIpc) is 2.95. The second kappa shape index (κ2) is 14.4. The number of halogens is 2. The summed E-state index contributed by atoms with van der Waals surface area (Å²) in [6.45, 7) is 1.42. The van der Waals surface area contributed by atoms with E-state index in [0.717, 1.165) is 53.8 Å². The van der Waals surface area contributed by atoms with Crippen molar-refractivity contribution in [1.82, 2.24) is 10.2 Å². The van der Waals surface area contributed by atoms with Crippen LogP contribution in [0.3, 0.4) is 0 Å². The molecule has 1 N–H and O–H groups in total. The number of rotatable bonds is 11. The molecule has 0 aromatic heterocycles. The Balaban J connectivity index is 1.74. The van der Waals surface area contributed by atoms with Gasteiger partial charge in [0.05, 0.1) is 11.9 Å². The van der Waals surface area contributed by atoms with Gasteiger partial charge in [0.1, 0.15) is 12.6 Å². The molecule has 3 aromatic rings. The number of nitrogens with one attached hydrogen (secondary N) is 1. The van der Waals surface area contributed by atoms with E-state index >= 15 is 0 Å². The lowest BCUT2D eigenvalue weighted by Gasteiger charge is -2.35. The van der Waals surface area contributed by atoms with Crippen LogP contribution in [0.2, 0.25) is 10.0 Å². The van der Waals surface area contributed by atoms with Gasteiger partial charge in [-0.25, -0.2) is 8.42 Å². The van der Waals surface area contributed by atoms with E-state index in [9.17, 15) is 18.0 Å². The van der Waals surface area contributed by atoms with Gasteiger partial charge in [-0.05, 0) is 55.2 Å². The molecule has 0 radical (unpaired) electrons. The van der Waals surface area contributed by atoms with E-state index in [1.54, 1.807) is 42.5 Å². The zero-order valence-corrected chi connectivity index (χ0v) is 26.3. The average molecular weight is 631 g/mol. The second-order valence-electron chi connectivity index (χ2n) is 10.9. The van der Waals surface area contributed by atoms with Gasteiger partial charge in [-0.1, -0.05) is 96.6 Å². The van der Waals surface area contributed by atoms with Crippen molar-refractivity contribution in [2.45, 2.75) is 64.1 Å². The molecule has 1 aliphatic rings. The van der Waals surface area contributed by atoms with Gasteiger partial charge in [0.15, 0.2) is 0 Å². The van der Waals surface area contributed by atoms with Gasteiger partial charge in [-0.2, -0.15) is 0 Å². The highest BCUT2D eigenvalue weighted by Gasteiger charge is 2.34. The largest absolute Gasteiger partial charge is 0.352 e. The fourth-order valence-electron chi connectivity index (χ4n) is 5.26. The molecule has 3 aromatic carbocycles. The lowest BCUT2D eigenvalue weighted by molar-refractivity contribution is -0.140. The van der Waals surface area contributed by atoms with Gasteiger partial charge >= 0.3 is 0 Å². The summed E-state index contributed by atoms with van der Waals surface area (Å²) in [5, 5.41) is 3.98. The normalized spacial score (nSPS) is 14.7. The van der Waals surface area contributed by atoms with Gasteiger partial charge in [-0.3, -0.25) is 13.9 Å². The van der Waals surface area contributed by atoms with Crippen molar-refractivity contribution in [3.05, 3.63) is 99.5 Å². The minimum Gasteiger partial charge on any atom is -0.352 e. The molecule has 10 heteroatoms. The number of carbonyl (C=O) groups excluding carboxylic acids is 2. The molecule has 0 aliphatic heterocycles. The number of nitrogens with zero attached hydrogens (tertiary/aromatic N) is 2. The summed E-state index contributed by atoms with van der Waals surface area (Å²) in [5.41, 5.74) is 2.80. The first kappa shape index (κ1) is 31.9. The first-order valence-corrected chi connectivity index (χ1v) is 16.7. The molecule has 1 fully saturated rings. The van der Waals surface area contributed by atoms with Gasteiger partial charge in [0.25, 0.3) is 0 Å². The van der Waals surface area contributed by atoms with Crippen molar-refractivity contribution < 1.29 is 18.0 Å². The van der Waals surface area contributed by atoms with Crippen LogP contribution in [0, 0.1) is 6.92 Å². The number of amides is 2. The predicted octanol–water partition coefficient (Wildman–Crippen LogP) is 6.16. The molecule has 0 spiro atoms. The molecule has 1 saturated carbocycles. The predicted molar refractivity (Wildman–Crippen MR) is 169 cm³/mol. The number of benzene rings is 3. The Morgan fingerprint density at radius 1 is 0.952 bits per heavy atom. The van der Waals surface area contributed by atoms with Crippen molar-refractivity contribution in [2.75, 3.05) is 17.1 Å². The number of anilines is 1. The monoisotopic (exact) mass is 629 g/mol. The summed E-state index contributed by atoms with van der Waals surface area (Å²) in [7, 11) is -3.83. The zero-order valence-electron chi connectivity index (χ0n) is 23.9. The van der Waals surface area contributed by atoms with Crippen LogP contribution >= 0.6 is 23.2 Å². The summed E-state index contributed by atoms with van der Waals surface area (Å²) < 4.78 is 26.9. The zero-order chi connectivity index (χ0) is 30.3. The van der Waals surface area contributed by atoms with E-state index in [1.807, 2.05) is 37.3 Å². The quantitative estimate of drug-likeness (QED) is 0.275. The third-order valence-electron chi connectivity index (χ3n) is 7.58. The van der Waals surface area contributed by atoms with E-state index in [4.69, 9.17) is 23.2 Å². The fourth-order valence-corrected chi connectivity index (χ4v) is 6.57. The Morgan fingerprint density at radius 2 is 1.62 bits per heavy atom. The van der Waals surface area contributed by atoms with Crippen LogP contribution in [0.4, 0.5) is 5.69 Å². The Labute approximate surface area is 258 Å². The van der Waals surface area contributed by atoms with Gasteiger partial charge in [-0.15, -0.1) is 0 Å². The van der Waals surface area contributed by atoms with Crippen molar-refractivity contribution in [3.8, 4) is 0 Å². The Bertz CT molecular complexity index is 1480. The van der Waals surface area contributed by atoms with E-state index < -0.39 is 28.5 Å². The molecule has 224 valence electrons. The first-order valence-electron chi connectivity index (χ1n) is 14.1. The maximum atomic E-state index is 14.2. The summed E-state index contributed by atoms with van der Waals surface area (Å²) >= 11 is 12.7. The molecule has 1 atom stereocenters. The molecule has 7 nitrogen and oxygen atoms in total. The Morgan fingerprint density at radius 3 is 2.24 bits per heavy atom. The SMILES string of the molecule is Cc1ccc(N(CC(=O)N(Cc2ccc(Cl)cc2Cl)[C@H](Cc2ccccc2)C(=O)NC2CCCCC2)S(C)(=O)=O)cc1. The lowest BCUT2D eigenvalue weighted by atomic mass is 9.94. The highest BCUT2D eigenvalue weighted by molar-refractivity contribution is 7.92. The number of sulfonamides is 1. The summed E-state index contributed by atoms with van der Waals surface area (Å²) in [4.78, 5) is 29.7. The van der Waals surface area contributed by atoms with Crippen molar-refractivity contribution >= 4 is 50.7 Å². The van der Waals surface area contributed by atoms with E-state index in [0.29, 0.717) is 21.3 Å². The molecule has 4 rings (SSSR count). The van der Waals surface area contributed by atoms with Crippen LogP contribution in [-0.2, 0) is 32.6 Å². The van der Waals surface area contributed by atoms with Crippen LogP contribution in [0.1, 0.15) is 48.8 Å². The highest BCUT2D eigenvalue weighted by Crippen LogP contribution is 2.26. The standard InChI is InChI=1S/C32H37Cl2N3O4S/c1-23-13-17-28(18-14-23)37(42(2,40)41)22-31(38)36(21-25-15-16-26(33)20-29(25)34)30(19-24-9-5-3-6-10-24)32(39)35-27-11-7-4-8-12-27/h3,5-6,9-10,13-18,20,27,30H,4,7-8,11-12,19,21-22H2,1-2H3,(H,35,39)/t30-/m1/s1. The minimum atomic E-state index is -3.83. The molecule has 2 amide bonds. The van der Waals surface area contributed by atoms with Crippen LogP contribution < -0.4 is 9.62 Å². The van der Waals surface area contributed by atoms with E-state index in [2.05, 4.69) is 5.32 Å². The molecule has 0 bridgehead atoms. The van der Waals surface area contributed by atoms with Crippen molar-refractivity contribution in [3.63, 3.8) is 0 Å². The summed E-state index contributed by atoms with van der Waals surface area (Å²) in [5.74, 6) is -0.794. The van der Waals surface area contributed by atoms with Gasteiger partial charge in [0, 0.05) is 29.1 Å². The third kappa shape index (κ3) is 8.72. The number of hydrogen-bond acceptors (Lipinski definition) is 4. The Kier molecular flexibility index (Phi) is 10.9. The molecule has 42 heavy (non-hydrogen) atoms. The van der Waals surface area contributed by atoms with Crippen molar-refractivity contribution in [1.29, 1.82) is 0 Å². The summed E-state index contributed by atoms with van der Waals surface area (Å²) in [6.07, 6.45) is 6.30. The maximum Gasteiger partial charge on any atom is 0.244 e. The molecular weight excluding hydrogens is 593 g/mol.